The van der Waals surface area contributed by atoms with Crippen LogP contribution in [0.25, 0.3) is 0 Å². The summed E-state index contributed by atoms with van der Waals surface area (Å²) in [5, 5.41) is 11.9. The van der Waals surface area contributed by atoms with Gasteiger partial charge in [0.2, 0.25) is 5.82 Å². The molecule has 0 aromatic carbocycles. The van der Waals surface area contributed by atoms with Gasteiger partial charge in [-0.25, -0.2) is 4.68 Å². The van der Waals surface area contributed by atoms with E-state index in [1.807, 2.05) is 4.68 Å². The Hall–Kier alpha value is -1.01. The van der Waals surface area contributed by atoms with Crippen molar-refractivity contribution < 1.29 is 9.80 Å². The van der Waals surface area contributed by atoms with E-state index in [0.29, 0.717) is 6.04 Å². The van der Waals surface area contributed by atoms with Crippen molar-refractivity contribution in [2.45, 2.75) is 26.4 Å². The Labute approximate surface area is 96.2 Å². The first-order valence-electron chi connectivity index (χ1n) is 6.08. The highest BCUT2D eigenvalue weighted by atomic mass is 15.6. The predicted octanol–water partition coefficient (Wildman–Crippen LogP) is -2.83. The molecule has 2 heterocycles. The topological polar surface area (TPSA) is 52.5 Å². The van der Waals surface area contributed by atoms with E-state index in [9.17, 15) is 0 Å². The van der Waals surface area contributed by atoms with Crippen molar-refractivity contribution in [3.8, 4) is 0 Å². The summed E-state index contributed by atoms with van der Waals surface area (Å²) >= 11 is 0. The Balaban J connectivity index is 1.96. The fourth-order valence-electron chi connectivity index (χ4n) is 2.16. The van der Waals surface area contributed by atoms with Crippen LogP contribution in [0.4, 0.5) is 0 Å². The third-order valence-corrected chi connectivity index (χ3v) is 3.27. The number of hydrogen-bond donors (Lipinski definition) is 2. The predicted molar refractivity (Wildman–Crippen MR) is 59.2 cm³/mol. The zero-order valence-corrected chi connectivity index (χ0v) is 10.4. The first-order valence-corrected chi connectivity index (χ1v) is 6.08. The van der Waals surface area contributed by atoms with Gasteiger partial charge < -0.3 is 9.80 Å². The van der Waals surface area contributed by atoms with Gasteiger partial charge in [0.1, 0.15) is 32.7 Å². The molecule has 0 unspecified atom stereocenters. The summed E-state index contributed by atoms with van der Waals surface area (Å²) < 4.78 is 1.93. The number of aromatic nitrogens is 4. The summed E-state index contributed by atoms with van der Waals surface area (Å²) in [5.41, 5.74) is 0. The zero-order chi connectivity index (χ0) is 11.5. The second-order valence-electron chi connectivity index (χ2n) is 5.02. The Kier molecular flexibility index (Phi) is 3.50. The Morgan fingerprint density at radius 2 is 1.94 bits per heavy atom. The minimum absolute atomic E-state index is 0.350. The average molecular weight is 226 g/mol. The fourth-order valence-corrected chi connectivity index (χ4v) is 2.16. The number of tetrazole rings is 1. The Morgan fingerprint density at radius 1 is 1.25 bits per heavy atom. The molecule has 1 aliphatic heterocycles. The van der Waals surface area contributed by atoms with Gasteiger partial charge in [-0.15, -0.1) is 5.10 Å². The van der Waals surface area contributed by atoms with Gasteiger partial charge in [-0.3, -0.25) is 0 Å². The summed E-state index contributed by atoms with van der Waals surface area (Å²) in [5.74, 6) is 1.02. The van der Waals surface area contributed by atoms with Crippen molar-refractivity contribution in [1.29, 1.82) is 0 Å². The molecule has 1 fully saturated rings. The van der Waals surface area contributed by atoms with Crippen LogP contribution >= 0.6 is 0 Å². The van der Waals surface area contributed by atoms with Crippen LogP contribution in [0.3, 0.4) is 0 Å². The van der Waals surface area contributed by atoms with Crippen molar-refractivity contribution in [2.75, 3.05) is 33.2 Å². The lowest BCUT2D eigenvalue weighted by molar-refractivity contribution is -1.01. The second kappa shape index (κ2) is 4.88. The van der Waals surface area contributed by atoms with E-state index in [1.54, 1.807) is 9.80 Å². The third-order valence-electron chi connectivity index (χ3n) is 3.27. The van der Waals surface area contributed by atoms with E-state index in [4.69, 9.17) is 0 Å². The molecule has 2 N–H and O–H groups in total. The summed E-state index contributed by atoms with van der Waals surface area (Å²) in [4.78, 5) is 3.23. The van der Waals surface area contributed by atoms with Gasteiger partial charge in [0.15, 0.2) is 0 Å². The molecular formula is C10H22N6+2. The van der Waals surface area contributed by atoms with Crippen LogP contribution in [-0.4, -0.2) is 53.4 Å². The van der Waals surface area contributed by atoms with Gasteiger partial charge in [0, 0.05) is 0 Å². The first-order chi connectivity index (χ1) is 7.66. The standard InChI is InChI=1S/C10H20N6/c1-9(2)16-10(11-12-13-16)8-15-6-4-14(3)5-7-15/h9H,4-8H2,1-3H3/p+2. The first kappa shape index (κ1) is 11.5. The van der Waals surface area contributed by atoms with Crippen molar-refractivity contribution in [3.05, 3.63) is 5.82 Å². The normalized spacial score (nSPS) is 26.2. The number of rotatable bonds is 3. The maximum atomic E-state index is 4.12. The van der Waals surface area contributed by atoms with Crippen molar-refractivity contribution >= 4 is 0 Å². The molecule has 6 nitrogen and oxygen atoms in total. The van der Waals surface area contributed by atoms with Crippen molar-refractivity contribution in [2.24, 2.45) is 0 Å². The Bertz CT molecular complexity index is 326. The maximum Gasteiger partial charge on any atom is 0.206 e. The second-order valence-corrected chi connectivity index (χ2v) is 5.02. The number of nitrogens with zero attached hydrogens (tertiary/aromatic N) is 4. The number of hydrogen-bond acceptors (Lipinski definition) is 3. The lowest BCUT2D eigenvalue weighted by atomic mass is 10.3. The highest BCUT2D eigenvalue weighted by Gasteiger charge is 2.22. The van der Waals surface area contributed by atoms with Crippen LogP contribution in [0.1, 0.15) is 25.7 Å². The number of nitrogens with one attached hydrogen (secondary N) is 2. The molecule has 0 radical (unpaired) electrons. The van der Waals surface area contributed by atoms with Gasteiger partial charge >= 0.3 is 0 Å². The molecule has 1 aliphatic rings. The Morgan fingerprint density at radius 3 is 2.56 bits per heavy atom. The van der Waals surface area contributed by atoms with E-state index >= 15 is 0 Å². The van der Waals surface area contributed by atoms with Crippen LogP contribution in [0.2, 0.25) is 0 Å². The molecule has 0 aliphatic carbocycles. The maximum absolute atomic E-state index is 4.12. The molecule has 1 saturated heterocycles. The molecule has 0 spiro atoms. The summed E-state index contributed by atoms with van der Waals surface area (Å²) in [6.45, 7) is 10.1. The number of likely N-dealkylation sites (N-methyl/N-ethyl adjacent to an activating group) is 1. The SMILES string of the molecule is CC(C)n1nnnc1C[NH+]1CC[NH+](C)CC1. The average Bonchev–Trinajstić information content (AvgIpc) is 2.69. The molecule has 0 saturated carbocycles. The van der Waals surface area contributed by atoms with Crippen LogP contribution in [0.15, 0.2) is 0 Å². The van der Waals surface area contributed by atoms with Gasteiger partial charge in [0.25, 0.3) is 0 Å². The lowest BCUT2D eigenvalue weighted by Gasteiger charge is -2.26. The van der Waals surface area contributed by atoms with E-state index in [-0.39, 0.29) is 0 Å². The smallest absolute Gasteiger partial charge is 0.206 e. The highest BCUT2D eigenvalue weighted by molar-refractivity contribution is 4.78. The lowest BCUT2D eigenvalue weighted by Crippen LogP contribution is -3.26. The van der Waals surface area contributed by atoms with Gasteiger partial charge in [-0.2, -0.15) is 0 Å². The largest absolute Gasteiger partial charge is 0.328 e. The number of quaternary nitrogens is 2. The number of piperazine rings is 1. The minimum Gasteiger partial charge on any atom is -0.328 e. The highest BCUT2D eigenvalue weighted by Crippen LogP contribution is 2.02. The third kappa shape index (κ3) is 2.56. The monoisotopic (exact) mass is 226 g/mol. The van der Waals surface area contributed by atoms with Crippen LogP contribution in [0, 0.1) is 0 Å². The van der Waals surface area contributed by atoms with Gasteiger partial charge in [0.05, 0.1) is 13.1 Å². The zero-order valence-electron chi connectivity index (χ0n) is 10.4. The van der Waals surface area contributed by atoms with E-state index in [0.717, 1.165) is 12.4 Å². The fraction of sp³-hybridized carbons (Fsp3) is 0.900. The van der Waals surface area contributed by atoms with Crippen molar-refractivity contribution in [3.63, 3.8) is 0 Å². The summed E-state index contributed by atoms with van der Waals surface area (Å²) in [6.07, 6.45) is 0. The van der Waals surface area contributed by atoms with Crippen LogP contribution in [0.5, 0.6) is 0 Å². The van der Waals surface area contributed by atoms with E-state index in [2.05, 4.69) is 36.4 Å². The molecule has 90 valence electrons. The molecule has 0 amide bonds. The van der Waals surface area contributed by atoms with Crippen molar-refractivity contribution in [1.82, 2.24) is 20.2 Å². The molecular weight excluding hydrogens is 204 g/mol. The molecule has 6 heteroatoms. The quantitative estimate of drug-likeness (QED) is 0.584. The molecule has 2 rings (SSSR count). The van der Waals surface area contributed by atoms with Crippen LogP contribution in [-0.2, 0) is 6.54 Å². The van der Waals surface area contributed by atoms with E-state index in [1.165, 1.54) is 26.2 Å². The van der Waals surface area contributed by atoms with Crippen LogP contribution < -0.4 is 9.80 Å². The molecule has 16 heavy (non-hydrogen) atoms. The molecule has 1 aromatic heterocycles. The molecule has 0 bridgehead atoms. The van der Waals surface area contributed by atoms with E-state index < -0.39 is 0 Å². The van der Waals surface area contributed by atoms with Gasteiger partial charge in [-0.05, 0) is 24.3 Å². The minimum atomic E-state index is 0.350. The summed E-state index contributed by atoms with van der Waals surface area (Å²) in [7, 11) is 2.26. The molecule has 0 atom stereocenters. The van der Waals surface area contributed by atoms with Gasteiger partial charge in [-0.1, -0.05) is 0 Å². The summed E-state index contributed by atoms with van der Waals surface area (Å²) in [6, 6.07) is 0.350. The molecule has 1 aromatic rings.